The van der Waals surface area contributed by atoms with E-state index in [9.17, 15) is 12.8 Å². The van der Waals surface area contributed by atoms with Crippen LogP contribution in [-0.2, 0) is 10.3 Å². The minimum Gasteiger partial charge on any atom is -0.273 e. The lowest BCUT2D eigenvalue weighted by Crippen LogP contribution is -2.30. The van der Waals surface area contributed by atoms with Gasteiger partial charge in [-0.25, -0.2) is 4.39 Å². The van der Waals surface area contributed by atoms with Gasteiger partial charge in [-0.2, -0.15) is 13.1 Å². The number of alkyl halides is 1. The smallest absolute Gasteiger partial charge is 0.273 e. The lowest BCUT2D eigenvalue weighted by Gasteiger charge is -2.06. The molecular weight excluding hydrogens is 185 g/mol. The van der Waals surface area contributed by atoms with E-state index in [1.54, 1.807) is 0 Å². The Morgan fingerprint density at radius 1 is 1.50 bits per heavy atom. The van der Waals surface area contributed by atoms with Gasteiger partial charge in [-0.05, 0) is 12.8 Å². The summed E-state index contributed by atoms with van der Waals surface area (Å²) in [6, 6.07) is 0. The average Bonchev–Trinajstić information content (AvgIpc) is 1.84. The highest BCUT2D eigenvalue weighted by Gasteiger charge is 2.12. The quantitative estimate of drug-likeness (QED) is 0.384. The molecule has 0 aliphatic carbocycles. The molecule has 0 aliphatic rings. The van der Waals surface area contributed by atoms with Crippen molar-refractivity contribution in [3.63, 3.8) is 0 Å². The van der Waals surface area contributed by atoms with E-state index in [1.165, 1.54) is 4.72 Å². The van der Waals surface area contributed by atoms with E-state index >= 15 is 0 Å². The van der Waals surface area contributed by atoms with Crippen molar-refractivity contribution in [3.8, 4) is 0 Å². The number of hydrogen-bond acceptors (Lipinski definition) is 2. The van der Waals surface area contributed by atoms with Crippen LogP contribution in [0.15, 0.2) is 0 Å². The summed E-state index contributed by atoms with van der Waals surface area (Å²) in [5.74, 6) is 0. The highest BCUT2D eigenvalue weighted by Crippen LogP contribution is 2.04. The zero-order valence-electron chi connectivity index (χ0n) is 6.96. The molecule has 2 N–H and O–H groups in total. The van der Waals surface area contributed by atoms with Crippen molar-refractivity contribution >= 4 is 10.3 Å². The zero-order chi connectivity index (χ0) is 9.61. The van der Waals surface area contributed by atoms with Crippen LogP contribution in [0.1, 0.15) is 32.6 Å². The molecule has 0 rings (SSSR count). The van der Waals surface area contributed by atoms with Gasteiger partial charge in [-0.3, -0.25) is 4.55 Å². The molecule has 0 radical (unpaired) electrons. The molecule has 0 saturated heterocycles. The molecule has 0 aliphatic heterocycles. The summed E-state index contributed by atoms with van der Waals surface area (Å²) in [5.41, 5.74) is 0. The van der Waals surface area contributed by atoms with Gasteiger partial charge in [-0.1, -0.05) is 19.8 Å². The van der Waals surface area contributed by atoms with Crippen LogP contribution in [-0.4, -0.2) is 19.3 Å². The first-order valence-corrected chi connectivity index (χ1v) is 5.28. The largest absolute Gasteiger partial charge is 0.335 e. The Hall–Kier alpha value is -0.200. The Bertz CT molecular complexity index is 205. The number of halogens is 1. The van der Waals surface area contributed by atoms with Crippen molar-refractivity contribution in [2.24, 2.45) is 0 Å². The first-order chi connectivity index (χ1) is 5.45. The molecule has 1 atom stereocenters. The van der Waals surface area contributed by atoms with Crippen molar-refractivity contribution < 1.29 is 17.4 Å². The molecule has 4 nitrogen and oxygen atoms in total. The number of hydrogen-bond donors (Lipinski definition) is 2. The topological polar surface area (TPSA) is 66.4 Å². The second-order valence-electron chi connectivity index (χ2n) is 2.56. The summed E-state index contributed by atoms with van der Waals surface area (Å²) in [6.45, 7) is 1.96. The Morgan fingerprint density at radius 3 is 2.50 bits per heavy atom. The van der Waals surface area contributed by atoms with Crippen LogP contribution in [0, 0.1) is 0 Å². The monoisotopic (exact) mass is 199 g/mol. The molecule has 0 spiro atoms. The molecule has 0 aromatic carbocycles. The van der Waals surface area contributed by atoms with E-state index in [1.807, 2.05) is 6.92 Å². The molecule has 0 saturated carbocycles. The fraction of sp³-hybridized carbons (Fsp3) is 1.00. The molecule has 0 bridgehead atoms. The minimum absolute atomic E-state index is 0.105. The van der Waals surface area contributed by atoms with E-state index in [0.717, 1.165) is 12.8 Å². The second kappa shape index (κ2) is 5.45. The van der Waals surface area contributed by atoms with Crippen molar-refractivity contribution in [2.75, 3.05) is 0 Å². The molecule has 6 heteroatoms. The Balaban J connectivity index is 3.53. The van der Waals surface area contributed by atoms with Crippen molar-refractivity contribution in [1.29, 1.82) is 0 Å². The van der Waals surface area contributed by atoms with E-state index in [-0.39, 0.29) is 6.42 Å². The maximum Gasteiger partial charge on any atom is 0.335 e. The van der Waals surface area contributed by atoms with E-state index in [4.69, 9.17) is 4.55 Å². The number of unbranched alkanes of at least 4 members (excludes halogenated alkanes) is 2. The standard InChI is InChI=1S/C6H14FNO3S/c1-2-3-4-5-6(7)8-12(9,10)11/h6,8H,2-5H2,1H3,(H,9,10,11). The third-order valence-corrected chi connectivity index (χ3v) is 1.89. The van der Waals surface area contributed by atoms with E-state index in [0.29, 0.717) is 6.42 Å². The van der Waals surface area contributed by atoms with Crippen LogP contribution in [0.25, 0.3) is 0 Å². The Kier molecular flexibility index (Phi) is 5.36. The van der Waals surface area contributed by atoms with Crippen LogP contribution in [0.3, 0.4) is 0 Å². The molecule has 74 valence electrons. The van der Waals surface area contributed by atoms with E-state index in [2.05, 4.69) is 0 Å². The van der Waals surface area contributed by atoms with Gasteiger partial charge in [0.1, 0.15) is 0 Å². The summed E-state index contributed by atoms with van der Waals surface area (Å²) in [6.07, 6.45) is 0.839. The van der Waals surface area contributed by atoms with Crippen LogP contribution in [0.5, 0.6) is 0 Å². The SMILES string of the molecule is CCCCCC(F)NS(=O)(=O)O. The maximum absolute atomic E-state index is 12.6. The lowest BCUT2D eigenvalue weighted by molar-refractivity contribution is 0.279. The first kappa shape index (κ1) is 11.8. The van der Waals surface area contributed by atoms with Gasteiger partial charge in [0.05, 0.1) is 0 Å². The Labute approximate surface area is 72.0 Å². The normalized spacial score (nSPS) is 14.6. The van der Waals surface area contributed by atoms with Crippen LogP contribution in [0.2, 0.25) is 0 Å². The third-order valence-electron chi connectivity index (χ3n) is 1.34. The van der Waals surface area contributed by atoms with Gasteiger partial charge in [0.25, 0.3) is 0 Å². The number of nitrogens with one attached hydrogen (secondary N) is 1. The van der Waals surface area contributed by atoms with E-state index < -0.39 is 16.6 Å². The van der Waals surface area contributed by atoms with Gasteiger partial charge >= 0.3 is 10.3 Å². The summed E-state index contributed by atoms with van der Waals surface area (Å²) < 4.78 is 42.3. The molecule has 12 heavy (non-hydrogen) atoms. The zero-order valence-corrected chi connectivity index (χ0v) is 7.77. The van der Waals surface area contributed by atoms with Crippen molar-refractivity contribution in [2.45, 2.75) is 38.9 Å². The van der Waals surface area contributed by atoms with Crippen LogP contribution < -0.4 is 4.72 Å². The summed E-state index contributed by atoms with van der Waals surface area (Å²) in [5, 5.41) is 0. The third kappa shape index (κ3) is 7.90. The predicted octanol–water partition coefficient (Wildman–Crippen LogP) is 1.25. The average molecular weight is 199 g/mol. The van der Waals surface area contributed by atoms with Crippen LogP contribution >= 0.6 is 0 Å². The first-order valence-electron chi connectivity index (χ1n) is 3.84. The maximum atomic E-state index is 12.6. The van der Waals surface area contributed by atoms with Gasteiger partial charge in [0.2, 0.25) is 0 Å². The summed E-state index contributed by atoms with van der Waals surface area (Å²) in [7, 11) is -4.39. The molecule has 0 heterocycles. The molecular formula is C6H14FNO3S. The van der Waals surface area contributed by atoms with Gasteiger partial charge < -0.3 is 0 Å². The number of rotatable bonds is 6. The lowest BCUT2D eigenvalue weighted by atomic mass is 10.2. The molecule has 0 aromatic rings. The molecule has 0 fully saturated rings. The summed E-state index contributed by atoms with van der Waals surface area (Å²) >= 11 is 0. The van der Waals surface area contributed by atoms with Crippen LogP contribution in [0.4, 0.5) is 4.39 Å². The predicted molar refractivity (Wildman–Crippen MR) is 43.7 cm³/mol. The van der Waals surface area contributed by atoms with Gasteiger partial charge in [0.15, 0.2) is 6.30 Å². The highest BCUT2D eigenvalue weighted by molar-refractivity contribution is 7.83. The van der Waals surface area contributed by atoms with Gasteiger partial charge in [0, 0.05) is 0 Å². The fourth-order valence-corrected chi connectivity index (χ4v) is 1.24. The minimum atomic E-state index is -4.39. The second-order valence-corrected chi connectivity index (χ2v) is 3.74. The molecule has 0 aromatic heterocycles. The van der Waals surface area contributed by atoms with Gasteiger partial charge in [-0.15, -0.1) is 0 Å². The summed E-state index contributed by atoms with van der Waals surface area (Å²) in [4.78, 5) is 0. The Morgan fingerprint density at radius 2 is 2.08 bits per heavy atom. The van der Waals surface area contributed by atoms with Crippen molar-refractivity contribution in [1.82, 2.24) is 4.72 Å². The highest BCUT2D eigenvalue weighted by atomic mass is 32.2. The molecule has 0 amide bonds. The molecule has 1 unspecified atom stereocenters. The van der Waals surface area contributed by atoms with Crippen molar-refractivity contribution in [3.05, 3.63) is 0 Å². The fourth-order valence-electron chi connectivity index (χ4n) is 0.794.